The minimum absolute atomic E-state index is 0.0939. The second-order valence-corrected chi connectivity index (χ2v) is 5.47. The molecule has 5 heteroatoms. The molecule has 0 bridgehead atoms. The Labute approximate surface area is 125 Å². The van der Waals surface area contributed by atoms with E-state index in [1.807, 2.05) is 30.3 Å². The Morgan fingerprint density at radius 2 is 2.00 bits per heavy atom. The van der Waals surface area contributed by atoms with E-state index in [0.717, 1.165) is 5.69 Å². The van der Waals surface area contributed by atoms with Crippen LogP contribution in [0, 0.1) is 5.92 Å². The quantitative estimate of drug-likeness (QED) is 0.856. The first kappa shape index (κ1) is 15.1. The van der Waals surface area contributed by atoms with Crippen molar-refractivity contribution in [2.75, 3.05) is 11.9 Å². The maximum atomic E-state index is 12.0. The number of amides is 1. The highest BCUT2D eigenvalue weighted by Crippen LogP contribution is 2.12. The third-order valence-electron chi connectivity index (χ3n) is 3.38. The molecule has 2 N–H and O–H groups in total. The number of aryl methyl sites for hydroxylation is 1. The summed E-state index contributed by atoms with van der Waals surface area (Å²) >= 11 is 0. The lowest BCUT2D eigenvalue weighted by Gasteiger charge is -2.23. The van der Waals surface area contributed by atoms with Gasteiger partial charge in [0, 0.05) is 31.5 Å². The van der Waals surface area contributed by atoms with Crippen molar-refractivity contribution in [3.63, 3.8) is 0 Å². The normalized spacial score (nSPS) is 12.2. The standard InChI is InChI=1S/C16H22N4O/c1-12(2)15(19-14-7-5-4-6-8-14)10-17-16(21)13-9-18-20(3)11-13/h4-9,11-12,15,19H,10H2,1-3H3,(H,17,21). The maximum Gasteiger partial charge on any atom is 0.254 e. The highest BCUT2D eigenvalue weighted by atomic mass is 16.1. The average molecular weight is 286 g/mol. The smallest absolute Gasteiger partial charge is 0.254 e. The van der Waals surface area contributed by atoms with E-state index in [-0.39, 0.29) is 11.9 Å². The third-order valence-corrected chi connectivity index (χ3v) is 3.38. The molecule has 0 saturated heterocycles. The van der Waals surface area contributed by atoms with Crippen LogP contribution in [0.2, 0.25) is 0 Å². The Kier molecular flexibility index (Phi) is 4.98. The minimum Gasteiger partial charge on any atom is -0.380 e. The molecular formula is C16H22N4O. The monoisotopic (exact) mass is 286 g/mol. The van der Waals surface area contributed by atoms with Crippen LogP contribution < -0.4 is 10.6 Å². The van der Waals surface area contributed by atoms with Gasteiger partial charge in [-0.15, -0.1) is 0 Å². The van der Waals surface area contributed by atoms with Crippen molar-refractivity contribution in [1.29, 1.82) is 0 Å². The van der Waals surface area contributed by atoms with Crippen LogP contribution in [0.1, 0.15) is 24.2 Å². The van der Waals surface area contributed by atoms with E-state index in [1.165, 1.54) is 0 Å². The van der Waals surface area contributed by atoms with Crippen LogP contribution in [0.25, 0.3) is 0 Å². The molecule has 2 rings (SSSR count). The van der Waals surface area contributed by atoms with Gasteiger partial charge in [-0.1, -0.05) is 32.0 Å². The van der Waals surface area contributed by atoms with E-state index < -0.39 is 0 Å². The minimum atomic E-state index is -0.0939. The topological polar surface area (TPSA) is 59.0 Å². The molecule has 0 aliphatic heterocycles. The maximum absolute atomic E-state index is 12.0. The zero-order valence-electron chi connectivity index (χ0n) is 12.7. The Hall–Kier alpha value is -2.30. The summed E-state index contributed by atoms with van der Waals surface area (Å²) in [6, 6.07) is 10.2. The van der Waals surface area contributed by atoms with Gasteiger partial charge in [0.15, 0.2) is 0 Å². The summed E-state index contributed by atoms with van der Waals surface area (Å²) in [5, 5.41) is 10.4. The zero-order valence-corrected chi connectivity index (χ0v) is 12.7. The van der Waals surface area contributed by atoms with E-state index in [9.17, 15) is 4.79 Å². The average Bonchev–Trinajstić information content (AvgIpc) is 2.90. The Morgan fingerprint density at radius 3 is 2.57 bits per heavy atom. The van der Waals surface area contributed by atoms with Crippen molar-refractivity contribution in [2.45, 2.75) is 19.9 Å². The number of aromatic nitrogens is 2. The van der Waals surface area contributed by atoms with Crippen LogP contribution in [0.3, 0.4) is 0 Å². The van der Waals surface area contributed by atoms with Crippen molar-refractivity contribution in [1.82, 2.24) is 15.1 Å². The molecule has 1 heterocycles. The lowest BCUT2D eigenvalue weighted by Crippen LogP contribution is -2.39. The number of nitrogens with one attached hydrogen (secondary N) is 2. The van der Waals surface area contributed by atoms with Crippen LogP contribution in [0.15, 0.2) is 42.7 Å². The number of carbonyl (C=O) groups is 1. The molecule has 1 atom stereocenters. The van der Waals surface area contributed by atoms with Crippen LogP contribution in [0.4, 0.5) is 5.69 Å². The van der Waals surface area contributed by atoms with E-state index in [2.05, 4.69) is 29.6 Å². The summed E-state index contributed by atoms with van der Waals surface area (Å²) in [4.78, 5) is 12.0. The van der Waals surface area contributed by atoms with E-state index in [4.69, 9.17) is 0 Å². The fourth-order valence-corrected chi connectivity index (χ4v) is 2.05. The Morgan fingerprint density at radius 1 is 1.29 bits per heavy atom. The first-order valence-electron chi connectivity index (χ1n) is 7.14. The van der Waals surface area contributed by atoms with Gasteiger partial charge in [0.05, 0.1) is 11.8 Å². The molecule has 0 fully saturated rings. The van der Waals surface area contributed by atoms with Crippen molar-refractivity contribution in [2.24, 2.45) is 13.0 Å². The summed E-state index contributed by atoms with van der Waals surface area (Å²) in [5.74, 6) is 0.308. The van der Waals surface area contributed by atoms with Gasteiger partial charge in [-0.05, 0) is 18.1 Å². The number of carbonyl (C=O) groups excluding carboxylic acids is 1. The lowest BCUT2D eigenvalue weighted by atomic mass is 10.0. The molecule has 21 heavy (non-hydrogen) atoms. The van der Waals surface area contributed by atoms with Gasteiger partial charge in [0.25, 0.3) is 5.91 Å². The van der Waals surface area contributed by atoms with Gasteiger partial charge in [-0.2, -0.15) is 5.10 Å². The summed E-state index contributed by atoms with van der Waals surface area (Å²) in [6.07, 6.45) is 3.29. The Balaban J connectivity index is 1.93. The predicted octanol–water partition coefficient (Wildman–Crippen LogP) is 2.29. The van der Waals surface area contributed by atoms with E-state index >= 15 is 0 Å². The predicted molar refractivity (Wildman–Crippen MR) is 84.2 cm³/mol. The second-order valence-electron chi connectivity index (χ2n) is 5.47. The molecule has 1 aromatic heterocycles. The molecule has 0 spiro atoms. The lowest BCUT2D eigenvalue weighted by molar-refractivity contribution is 0.0950. The van der Waals surface area contributed by atoms with Crippen molar-refractivity contribution < 1.29 is 4.79 Å². The third kappa shape index (κ3) is 4.34. The molecule has 0 radical (unpaired) electrons. The van der Waals surface area contributed by atoms with Crippen LogP contribution in [-0.2, 0) is 7.05 Å². The van der Waals surface area contributed by atoms with Gasteiger partial charge in [-0.25, -0.2) is 0 Å². The van der Waals surface area contributed by atoms with Crippen LogP contribution in [-0.4, -0.2) is 28.3 Å². The molecule has 1 aromatic carbocycles. The molecule has 0 aliphatic carbocycles. The summed E-state index contributed by atoms with van der Waals surface area (Å²) in [7, 11) is 1.80. The summed E-state index contributed by atoms with van der Waals surface area (Å²) in [6.45, 7) is 4.84. The van der Waals surface area contributed by atoms with E-state index in [0.29, 0.717) is 18.0 Å². The summed E-state index contributed by atoms with van der Waals surface area (Å²) in [5.41, 5.74) is 1.64. The van der Waals surface area contributed by atoms with Crippen LogP contribution in [0.5, 0.6) is 0 Å². The largest absolute Gasteiger partial charge is 0.380 e. The second kappa shape index (κ2) is 6.92. The van der Waals surface area contributed by atoms with Gasteiger partial charge in [-0.3, -0.25) is 9.48 Å². The molecular weight excluding hydrogens is 264 g/mol. The number of hydrogen-bond acceptors (Lipinski definition) is 3. The van der Waals surface area contributed by atoms with Crippen molar-refractivity contribution in [3.8, 4) is 0 Å². The first-order chi connectivity index (χ1) is 10.1. The molecule has 1 amide bonds. The number of para-hydroxylation sites is 1. The molecule has 0 aliphatic rings. The zero-order chi connectivity index (χ0) is 15.2. The molecule has 2 aromatic rings. The molecule has 1 unspecified atom stereocenters. The molecule has 0 saturated carbocycles. The van der Waals surface area contributed by atoms with Crippen molar-refractivity contribution >= 4 is 11.6 Å². The number of benzene rings is 1. The number of hydrogen-bond donors (Lipinski definition) is 2. The van der Waals surface area contributed by atoms with Gasteiger partial charge in [0.1, 0.15) is 0 Å². The van der Waals surface area contributed by atoms with Gasteiger partial charge < -0.3 is 10.6 Å². The summed E-state index contributed by atoms with van der Waals surface area (Å²) < 4.78 is 1.62. The number of anilines is 1. The number of rotatable bonds is 6. The fraction of sp³-hybridized carbons (Fsp3) is 0.375. The number of nitrogens with zero attached hydrogens (tertiary/aromatic N) is 2. The highest BCUT2D eigenvalue weighted by molar-refractivity contribution is 5.93. The van der Waals surface area contributed by atoms with Crippen LogP contribution >= 0.6 is 0 Å². The molecule has 112 valence electrons. The van der Waals surface area contributed by atoms with E-state index in [1.54, 1.807) is 24.1 Å². The molecule has 5 nitrogen and oxygen atoms in total. The SMILES string of the molecule is CC(C)C(CNC(=O)c1cnn(C)c1)Nc1ccccc1. The first-order valence-corrected chi connectivity index (χ1v) is 7.14. The Bertz CT molecular complexity index is 577. The van der Waals surface area contributed by atoms with Gasteiger partial charge in [0.2, 0.25) is 0 Å². The fourth-order valence-electron chi connectivity index (χ4n) is 2.05. The van der Waals surface area contributed by atoms with Crippen molar-refractivity contribution in [3.05, 3.63) is 48.3 Å². The highest BCUT2D eigenvalue weighted by Gasteiger charge is 2.15. The van der Waals surface area contributed by atoms with Gasteiger partial charge >= 0.3 is 0 Å².